The van der Waals surface area contributed by atoms with E-state index in [1.165, 1.54) is 6.07 Å². The lowest BCUT2D eigenvalue weighted by Gasteiger charge is -2.32. The maximum absolute atomic E-state index is 12.5. The first-order valence-corrected chi connectivity index (χ1v) is 8.39. The van der Waals surface area contributed by atoms with Crippen LogP contribution in [-0.4, -0.2) is 50.4 Å². The number of nitrogens with zero attached hydrogens (tertiary/aromatic N) is 3. The number of H-pyrrole nitrogens is 1. The molecule has 1 aliphatic heterocycles. The highest BCUT2D eigenvalue weighted by molar-refractivity contribution is 7.08. The van der Waals surface area contributed by atoms with Crippen molar-refractivity contribution in [1.82, 2.24) is 24.8 Å². The molecule has 0 aliphatic carbocycles. The van der Waals surface area contributed by atoms with Crippen molar-refractivity contribution in [1.29, 1.82) is 0 Å². The number of hydrogen-bond donors (Lipinski definition) is 2. The largest absolute Gasteiger partial charge is 0.347 e. The highest BCUT2D eigenvalue weighted by Crippen LogP contribution is 2.13. The first-order valence-electron chi connectivity index (χ1n) is 7.62. The van der Waals surface area contributed by atoms with Crippen molar-refractivity contribution in [2.24, 2.45) is 0 Å². The SMILES string of the molecule is Cc1cc(=O)c(C(=O)N2CCC[C@@H](NC(=O)c3ccns3)C2)n[nH]1. The monoisotopic (exact) mass is 347 g/mol. The lowest BCUT2D eigenvalue weighted by atomic mass is 10.0. The Morgan fingerprint density at radius 3 is 3.00 bits per heavy atom. The van der Waals surface area contributed by atoms with Gasteiger partial charge < -0.3 is 10.2 Å². The molecule has 0 spiro atoms. The number of rotatable bonds is 3. The fourth-order valence-corrected chi connectivity index (χ4v) is 3.17. The highest BCUT2D eigenvalue weighted by atomic mass is 32.1. The third kappa shape index (κ3) is 3.51. The van der Waals surface area contributed by atoms with E-state index in [2.05, 4.69) is 19.9 Å². The predicted octanol–water partition coefficient (Wildman–Crippen LogP) is 0.569. The zero-order chi connectivity index (χ0) is 17.1. The summed E-state index contributed by atoms with van der Waals surface area (Å²) >= 11 is 1.13. The third-order valence-corrected chi connectivity index (χ3v) is 4.58. The summed E-state index contributed by atoms with van der Waals surface area (Å²) in [4.78, 5) is 38.6. The van der Waals surface area contributed by atoms with Crippen LogP contribution < -0.4 is 10.7 Å². The second kappa shape index (κ2) is 6.91. The molecule has 1 saturated heterocycles. The van der Waals surface area contributed by atoms with Gasteiger partial charge in [-0.2, -0.15) is 5.10 Å². The van der Waals surface area contributed by atoms with Crippen LogP contribution in [0.25, 0.3) is 0 Å². The van der Waals surface area contributed by atoms with Gasteiger partial charge in [0.1, 0.15) is 4.88 Å². The lowest BCUT2D eigenvalue weighted by Crippen LogP contribution is -2.50. The van der Waals surface area contributed by atoms with Gasteiger partial charge in [0.2, 0.25) is 5.43 Å². The Morgan fingerprint density at radius 1 is 1.46 bits per heavy atom. The zero-order valence-electron chi connectivity index (χ0n) is 13.1. The van der Waals surface area contributed by atoms with Crippen LogP contribution in [0.3, 0.4) is 0 Å². The van der Waals surface area contributed by atoms with Crippen LogP contribution in [0.5, 0.6) is 0 Å². The summed E-state index contributed by atoms with van der Waals surface area (Å²) in [5.41, 5.74) is 0.0898. The van der Waals surface area contributed by atoms with E-state index in [-0.39, 0.29) is 17.6 Å². The van der Waals surface area contributed by atoms with E-state index in [0.717, 1.165) is 24.4 Å². The summed E-state index contributed by atoms with van der Waals surface area (Å²) in [5.74, 6) is -0.601. The van der Waals surface area contributed by atoms with Gasteiger partial charge in [-0.05, 0) is 37.4 Å². The first-order chi connectivity index (χ1) is 11.5. The molecule has 1 fully saturated rings. The normalized spacial score (nSPS) is 17.5. The van der Waals surface area contributed by atoms with Crippen LogP contribution in [0.2, 0.25) is 0 Å². The van der Waals surface area contributed by atoms with Crippen molar-refractivity contribution in [3.63, 3.8) is 0 Å². The predicted molar refractivity (Wildman–Crippen MR) is 88.1 cm³/mol. The lowest BCUT2D eigenvalue weighted by molar-refractivity contribution is 0.0668. The fraction of sp³-hybridized carbons (Fsp3) is 0.400. The molecule has 1 atom stereocenters. The molecule has 0 radical (unpaired) electrons. The molecule has 24 heavy (non-hydrogen) atoms. The number of aromatic nitrogens is 3. The molecular formula is C15H17N5O3S. The van der Waals surface area contributed by atoms with Crippen LogP contribution in [0, 0.1) is 6.92 Å². The van der Waals surface area contributed by atoms with Crippen molar-refractivity contribution < 1.29 is 9.59 Å². The van der Waals surface area contributed by atoms with Gasteiger partial charge >= 0.3 is 0 Å². The molecule has 2 aromatic rings. The molecule has 9 heteroatoms. The van der Waals surface area contributed by atoms with Crippen LogP contribution >= 0.6 is 11.5 Å². The van der Waals surface area contributed by atoms with Crippen LogP contribution in [-0.2, 0) is 0 Å². The van der Waals surface area contributed by atoms with Crippen LogP contribution in [0.15, 0.2) is 23.1 Å². The maximum atomic E-state index is 12.5. The average Bonchev–Trinajstić information content (AvgIpc) is 3.09. The Kier molecular flexibility index (Phi) is 4.70. The number of nitrogens with one attached hydrogen (secondary N) is 2. The van der Waals surface area contributed by atoms with Crippen molar-refractivity contribution >= 4 is 23.3 Å². The van der Waals surface area contributed by atoms with E-state index >= 15 is 0 Å². The number of hydrogen-bond acceptors (Lipinski definition) is 6. The summed E-state index contributed by atoms with van der Waals surface area (Å²) in [5, 5.41) is 9.42. The molecule has 2 amide bonds. The second-order valence-electron chi connectivity index (χ2n) is 5.70. The van der Waals surface area contributed by atoms with Gasteiger partial charge in [-0.25, -0.2) is 4.37 Å². The van der Waals surface area contributed by atoms with E-state index in [1.54, 1.807) is 24.1 Å². The van der Waals surface area contributed by atoms with E-state index in [1.807, 2.05) is 0 Å². The molecule has 126 valence electrons. The third-order valence-electron chi connectivity index (χ3n) is 3.83. The van der Waals surface area contributed by atoms with Crippen LogP contribution in [0.4, 0.5) is 0 Å². The van der Waals surface area contributed by atoms with Gasteiger partial charge in [0.05, 0.1) is 0 Å². The molecule has 2 N–H and O–H groups in total. The van der Waals surface area contributed by atoms with E-state index < -0.39 is 11.3 Å². The number of carbonyl (C=O) groups is 2. The molecule has 0 bridgehead atoms. The molecule has 3 heterocycles. The number of aromatic amines is 1. The summed E-state index contributed by atoms with van der Waals surface area (Å²) in [6.45, 7) is 2.60. The van der Waals surface area contributed by atoms with Gasteiger partial charge in [0.15, 0.2) is 5.69 Å². The Hall–Kier alpha value is -2.55. The van der Waals surface area contributed by atoms with Crippen molar-refractivity contribution in [3.8, 4) is 0 Å². The summed E-state index contributed by atoms with van der Waals surface area (Å²) in [6, 6.07) is 2.86. The van der Waals surface area contributed by atoms with E-state index in [4.69, 9.17) is 0 Å². The molecule has 0 unspecified atom stereocenters. The standard InChI is InChI=1S/C15H17N5O3S/c1-9-7-11(21)13(19-18-9)15(23)20-6-2-3-10(8-20)17-14(22)12-4-5-16-24-12/h4-5,7,10H,2-3,6,8H2,1H3,(H,17,22)(H,18,21)/t10-/m1/s1. The maximum Gasteiger partial charge on any atom is 0.278 e. The Labute approximate surface area is 142 Å². The molecule has 1 aliphatic rings. The quantitative estimate of drug-likeness (QED) is 0.844. The summed E-state index contributed by atoms with van der Waals surface area (Å²) in [6.07, 6.45) is 3.11. The summed E-state index contributed by atoms with van der Waals surface area (Å²) in [7, 11) is 0. The Bertz CT molecular complexity index is 802. The highest BCUT2D eigenvalue weighted by Gasteiger charge is 2.28. The minimum Gasteiger partial charge on any atom is -0.347 e. The van der Waals surface area contributed by atoms with E-state index in [0.29, 0.717) is 23.7 Å². The Balaban J connectivity index is 1.67. The van der Waals surface area contributed by atoms with Gasteiger partial charge in [-0.3, -0.25) is 19.5 Å². The van der Waals surface area contributed by atoms with Gasteiger partial charge in [-0.1, -0.05) is 0 Å². The zero-order valence-corrected chi connectivity index (χ0v) is 13.9. The number of amides is 2. The number of carbonyl (C=O) groups excluding carboxylic acids is 2. The topological polar surface area (TPSA) is 108 Å². The molecule has 8 nitrogen and oxygen atoms in total. The van der Waals surface area contributed by atoms with Crippen molar-refractivity contribution in [2.45, 2.75) is 25.8 Å². The number of likely N-dealkylation sites (tertiary alicyclic amines) is 1. The minimum atomic E-state index is -0.409. The average molecular weight is 347 g/mol. The van der Waals surface area contributed by atoms with E-state index in [9.17, 15) is 14.4 Å². The van der Waals surface area contributed by atoms with Crippen molar-refractivity contribution in [3.05, 3.63) is 44.8 Å². The van der Waals surface area contributed by atoms with Gasteiger partial charge in [-0.15, -0.1) is 0 Å². The first kappa shape index (κ1) is 16.3. The molecule has 3 rings (SSSR count). The Morgan fingerprint density at radius 2 is 2.29 bits per heavy atom. The van der Waals surface area contributed by atoms with Gasteiger partial charge in [0.25, 0.3) is 11.8 Å². The minimum absolute atomic E-state index is 0.116. The molecular weight excluding hydrogens is 330 g/mol. The smallest absolute Gasteiger partial charge is 0.278 e. The number of aryl methyl sites for hydroxylation is 1. The second-order valence-corrected chi connectivity index (χ2v) is 6.54. The van der Waals surface area contributed by atoms with Crippen LogP contribution in [0.1, 0.15) is 38.7 Å². The summed E-state index contributed by atoms with van der Waals surface area (Å²) < 4.78 is 3.91. The van der Waals surface area contributed by atoms with Crippen molar-refractivity contribution in [2.75, 3.05) is 13.1 Å². The molecule has 0 aromatic carbocycles. The van der Waals surface area contributed by atoms with Gasteiger partial charge in [0, 0.05) is 37.1 Å². The molecule has 2 aromatic heterocycles. The number of piperidine rings is 1. The fourth-order valence-electron chi connectivity index (χ4n) is 2.67. The molecule has 0 saturated carbocycles.